The molecule has 0 aromatic rings. The van der Waals surface area contributed by atoms with Crippen molar-refractivity contribution in [2.24, 2.45) is 39.9 Å². The third-order valence-electron chi connectivity index (χ3n) is 11.4. The van der Waals surface area contributed by atoms with E-state index >= 15 is 0 Å². The van der Waals surface area contributed by atoms with Gasteiger partial charge in [-0.05, 0) is 99.7 Å². The van der Waals surface area contributed by atoms with Gasteiger partial charge in [-0.1, -0.05) is 57.4 Å². The third kappa shape index (κ3) is 3.24. The van der Waals surface area contributed by atoms with E-state index in [9.17, 15) is 15.3 Å². The summed E-state index contributed by atoms with van der Waals surface area (Å²) >= 11 is 0. The van der Waals surface area contributed by atoms with E-state index in [0.717, 1.165) is 31.1 Å². The number of fused-ring (bicyclic) bond motifs is 4. The van der Waals surface area contributed by atoms with E-state index in [1.54, 1.807) is 5.57 Å². The van der Waals surface area contributed by atoms with Crippen molar-refractivity contribution in [3.8, 4) is 0 Å². The second-order valence-electron chi connectivity index (χ2n) is 12.9. The van der Waals surface area contributed by atoms with Gasteiger partial charge in [0.05, 0.1) is 12.2 Å². The van der Waals surface area contributed by atoms with Gasteiger partial charge in [-0.25, -0.2) is 0 Å². The van der Waals surface area contributed by atoms with Gasteiger partial charge in [0.2, 0.25) is 0 Å². The zero-order valence-corrected chi connectivity index (χ0v) is 21.6. The topological polar surface area (TPSA) is 60.7 Å². The molecular weight excluding hydrogens is 396 g/mol. The Balaban J connectivity index is 1.68. The van der Waals surface area contributed by atoms with Crippen molar-refractivity contribution < 1.29 is 15.3 Å². The predicted octanol–water partition coefficient (Wildman–Crippen LogP) is 6.03. The average Bonchev–Trinajstić information content (AvgIpc) is 3.02. The number of hydrogen-bond acceptors (Lipinski definition) is 3. The Morgan fingerprint density at radius 3 is 2.34 bits per heavy atom. The number of allylic oxidation sites excluding steroid dienone is 3. The summed E-state index contributed by atoms with van der Waals surface area (Å²) in [5, 5.41) is 32.6. The Bertz CT molecular complexity index is 794. The van der Waals surface area contributed by atoms with Gasteiger partial charge < -0.3 is 15.3 Å². The van der Waals surface area contributed by atoms with Crippen molar-refractivity contribution in [3.63, 3.8) is 0 Å². The maximum Gasteiger partial charge on any atom is 0.107 e. The van der Waals surface area contributed by atoms with Crippen LogP contribution in [0.5, 0.6) is 0 Å². The molecule has 0 aromatic carbocycles. The van der Waals surface area contributed by atoms with Crippen LogP contribution in [0.2, 0.25) is 0 Å². The summed E-state index contributed by atoms with van der Waals surface area (Å²) in [6, 6.07) is 0. The third-order valence-corrected chi connectivity index (χ3v) is 11.4. The van der Waals surface area contributed by atoms with E-state index in [1.807, 2.05) is 0 Å². The number of hydrogen-bond donors (Lipinski definition) is 3. The van der Waals surface area contributed by atoms with Gasteiger partial charge >= 0.3 is 0 Å². The van der Waals surface area contributed by atoms with Crippen LogP contribution in [0.25, 0.3) is 0 Å². The molecule has 32 heavy (non-hydrogen) atoms. The van der Waals surface area contributed by atoms with Crippen molar-refractivity contribution in [2.45, 2.75) is 118 Å². The van der Waals surface area contributed by atoms with E-state index < -0.39 is 23.7 Å². The van der Waals surface area contributed by atoms with Crippen LogP contribution in [-0.2, 0) is 0 Å². The fourth-order valence-corrected chi connectivity index (χ4v) is 9.17. The zero-order valence-electron chi connectivity index (χ0n) is 21.6. The molecule has 0 aromatic heterocycles. The van der Waals surface area contributed by atoms with Crippen molar-refractivity contribution in [1.82, 2.24) is 0 Å². The van der Waals surface area contributed by atoms with Gasteiger partial charge in [0.15, 0.2) is 0 Å². The molecule has 0 amide bonds. The Kier molecular flexibility index (Phi) is 6.30. The van der Waals surface area contributed by atoms with Crippen LogP contribution >= 0.6 is 0 Å². The van der Waals surface area contributed by atoms with E-state index in [2.05, 4.69) is 54.5 Å². The highest BCUT2D eigenvalue weighted by Gasteiger charge is 2.64. The lowest BCUT2D eigenvalue weighted by atomic mass is 9.44. The molecule has 4 aliphatic carbocycles. The minimum absolute atomic E-state index is 0.0139. The molecule has 4 rings (SSSR count). The second kappa shape index (κ2) is 8.24. The summed E-state index contributed by atoms with van der Waals surface area (Å²) in [7, 11) is 0. The first-order chi connectivity index (χ1) is 14.9. The van der Waals surface area contributed by atoms with Gasteiger partial charge in [0.1, 0.15) is 6.10 Å². The fourth-order valence-electron chi connectivity index (χ4n) is 9.17. The van der Waals surface area contributed by atoms with Crippen LogP contribution < -0.4 is 0 Å². The van der Waals surface area contributed by atoms with Gasteiger partial charge in [-0.2, -0.15) is 0 Å². The van der Waals surface area contributed by atoms with E-state index in [4.69, 9.17) is 0 Å². The first-order valence-corrected chi connectivity index (χ1v) is 13.3. The van der Waals surface area contributed by atoms with Crippen LogP contribution in [-0.4, -0.2) is 33.6 Å². The van der Waals surface area contributed by atoms with Crippen LogP contribution in [0.1, 0.15) is 99.8 Å². The standard InChI is InChI=1S/C29H48O3/c1-17(2)9-8-10-18(3)20-13-15-28(6)22-12-11-21-19(4)24(30)25(31)26(32)29(21,7)23(22)14-16-27(20,28)5/h9,18-21,24-26,30-32H,8,10-16H2,1-7H3/t18-,19+,20-,21+,24-,25+,26+,27-,28+,29+/m1/s1. The number of rotatable bonds is 4. The van der Waals surface area contributed by atoms with Crippen LogP contribution in [0.3, 0.4) is 0 Å². The molecule has 3 heteroatoms. The monoisotopic (exact) mass is 444 g/mol. The van der Waals surface area contributed by atoms with Crippen molar-refractivity contribution in [1.29, 1.82) is 0 Å². The molecule has 0 saturated heterocycles. The lowest BCUT2D eigenvalue weighted by molar-refractivity contribution is -0.186. The highest BCUT2D eigenvalue weighted by Crippen LogP contribution is 2.71. The number of aliphatic hydroxyl groups excluding tert-OH is 3. The summed E-state index contributed by atoms with van der Waals surface area (Å²) in [4.78, 5) is 0. The van der Waals surface area contributed by atoms with Crippen LogP contribution in [0.4, 0.5) is 0 Å². The van der Waals surface area contributed by atoms with Crippen LogP contribution in [0, 0.1) is 39.9 Å². The number of aliphatic hydroxyl groups is 3. The quantitative estimate of drug-likeness (QED) is 0.464. The largest absolute Gasteiger partial charge is 0.390 e. The minimum Gasteiger partial charge on any atom is -0.390 e. The summed E-state index contributed by atoms with van der Waals surface area (Å²) in [5.41, 5.74) is 4.56. The van der Waals surface area contributed by atoms with Gasteiger partial charge in [0.25, 0.3) is 0 Å². The van der Waals surface area contributed by atoms with Crippen molar-refractivity contribution in [3.05, 3.63) is 22.8 Å². The molecule has 0 bridgehead atoms. The minimum atomic E-state index is -1.05. The molecular formula is C29H48O3. The molecule has 10 atom stereocenters. The maximum absolute atomic E-state index is 11.3. The molecule has 4 aliphatic rings. The molecule has 2 saturated carbocycles. The van der Waals surface area contributed by atoms with Crippen molar-refractivity contribution in [2.75, 3.05) is 0 Å². The van der Waals surface area contributed by atoms with Crippen molar-refractivity contribution >= 4 is 0 Å². The summed E-state index contributed by atoms with van der Waals surface area (Å²) in [6.45, 7) is 16.2. The smallest absolute Gasteiger partial charge is 0.107 e. The molecule has 0 heterocycles. The molecule has 2 fully saturated rings. The normalized spacial score (nSPS) is 49.2. The Morgan fingerprint density at radius 2 is 1.69 bits per heavy atom. The average molecular weight is 445 g/mol. The van der Waals surface area contributed by atoms with E-state index in [-0.39, 0.29) is 17.3 Å². The highest BCUT2D eigenvalue weighted by atomic mass is 16.4. The summed E-state index contributed by atoms with van der Waals surface area (Å²) in [6.07, 6.45) is 8.98. The molecule has 182 valence electrons. The first-order valence-electron chi connectivity index (χ1n) is 13.3. The zero-order chi connectivity index (χ0) is 23.6. The SMILES string of the molecule is CC(C)=CCC[C@@H](C)[C@H]1CC[C@@]2(C)C3=C(CC[C@]12C)[C@@]1(C)[C@@H](O)[C@@H](O)[C@H](O)[C@@H](C)[C@@H]1CC3. The maximum atomic E-state index is 11.3. The lowest BCUT2D eigenvalue weighted by Gasteiger charge is -2.61. The van der Waals surface area contributed by atoms with E-state index in [0.29, 0.717) is 5.41 Å². The Hall–Kier alpha value is -0.640. The van der Waals surface area contributed by atoms with Crippen LogP contribution in [0.15, 0.2) is 22.8 Å². The Morgan fingerprint density at radius 1 is 1.00 bits per heavy atom. The molecule has 3 nitrogen and oxygen atoms in total. The highest BCUT2D eigenvalue weighted by molar-refractivity contribution is 5.39. The van der Waals surface area contributed by atoms with E-state index in [1.165, 1.54) is 43.3 Å². The Labute approximate surface area is 196 Å². The fraction of sp³-hybridized carbons (Fsp3) is 0.862. The molecule has 3 N–H and O–H groups in total. The molecule has 0 spiro atoms. The van der Waals surface area contributed by atoms with Gasteiger partial charge in [0, 0.05) is 5.41 Å². The first kappa shape index (κ1) is 24.5. The molecule has 0 aliphatic heterocycles. The molecule has 0 radical (unpaired) electrons. The second-order valence-corrected chi connectivity index (χ2v) is 12.9. The predicted molar refractivity (Wildman–Crippen MR) is 131 cm³/mol. The summed E-state index contributed by atoms with van der Waals surface area (Å²) < 4.78 is 0. The lowest BCUT2D eigenvalue weighted by Crippen LogP contribution is -2.63. The van der Waals surface area contributed by atoms with Gasteiger partial charge in [-0.15, -0.1) is 0 Å². The molecule has 0 unspecified atom stereocenters. The summed E-state index contributed by atoms with van der Waals surface area (Å²) in [5.74, 6) is 1.73. The van der Waals surface area contributed by atoms with Gasteiger partial charge in [-0.3, -0.25) is 0 Å².